The van der Waals surface area contributed by atoms with Crippen molar-refractivity contribution >= 4 is 27.5 Å². The highest BCUT2D eigenvalue weighted by molar-refractivity contribution is 9.10. The Balaban J connectivity index is 2.75. The van der Waals surface area contributed by atoms with Gasteiger partial charge in [-0.1, -0.05) is 27.5 Å². The Bertz CT molecular complexity index is 263. The zero-order chi connectivity index (χ0) is 8.97. The summed E-state index contributed by atoms with van der Waals surface area (Å²) in [6.07, 6.45) is 1.94. The summed E-state index contributed by atoms with van der Waals surface area (Å²) < 4.78 is 1.07. The maximum atomic E-state index is 5.97. The van der Waals surface area contributed by atoms with E-state index >= 15 is 0 Å². The van der Waals surface area contributed by atoms with Gasteiger partial charge < -0.3 is 5.73 Å². The molecule has 0 saturated heterocycles. The highest BCUT2D eigenvalue weighted by atomic mass is 79.9. The van der Waals surface area contributed by atoms with E-state index in [0.717, 1.165) is 27.9 Å². The SMILES string of the molecule is NCCCc1cc(Br)ccc1Cl. The molecule has 0 spiro atoms. The van der Waals surface area contributed by atoms with Crippen LogP contribution in [0.25, 0.3) is 0 Å². The molecule has 1 aromatic carbocycles. The van der Waals surface area contributed by atoms with Crippen LogP contribution in [0, 0.1) is 0 Å². The molecular weight excluding hydrogens is 237 g/mol. The van der Waals surface area contributed by atoms with Crippen molar-refractivity contribution in [1.82, 2.24) is 0 Å². The summed E-state index contributed by atoms with van der Waals surface area (Å²) in [6, 6.07) is 5.88. The lowest BCUT2D eigenvalue weighted by molar-refractivity contribution is 0.832. The van der Waals surface area contributed by atoms with Gasteiger partial charge in [0.25, 0.3) is 0 Å². The first kappa shape index (κ1) is 10.0. The maximum Gasteiger partial charge on any atom is 0.0438 e. The Morgan fingerprint density at radius 1 is 1.42 bits per heavy atom. The number of nitrogens with two attached hydrogens (primary N) is 1. The van der Waals surface area contributed by atoms with Gasteiger partial charge >= 0.3 is 0 Å². The van der Waals surface area contributed by atoms with Gasteiger partial charge in [0.2, 0.25) is 0 Å². The second-order valence-corrected chi connectivity index (χ2v) is 3.95. The standard InChI is InChI=1S/C9H11BrClN/c10-8-3-4-9(11)7(6-8)2-1-5-12/h3-4,6H,1-2,5,12H2. The minimum Gasteiger partial charge on any atom is -0.330 e. The zero-order valence-corrected chi connectivity index (χ0v) is 9.03. The van der Waals surface area contributed by atoms with Crippen molar-refractivity contribution in [2.75, 3.05) is 6.54 Å². The van der Waals surface area contributed by atoms with Gasteiger partial charge in [-0.25, -0.2) is 0 Å². The lowest BCUT2D eigenvalue weighted by atomic mass is 10.1. The molecule has 0 radical (unpaired) electrons. The predicted octanol–water partition coefficient (Wildman–Crippen LogP) is 2.99. The Labute approximate surface area is 86.0 Å². The van der Waals surface area contributed by atoms with E-state index in [-0.39, 0.29) is 0 Å². The number of hydrogen-bond donors (Lipinski definition) is 1. The molecule has 0 bridgehead atoms. The van der Waals surface area contributed by atoms with Gasteiger partial charge in [-0.15, -0.1) is 0 Å². The van der Waals surface area contributed by atoms with Crippen molar-refractivity contribution in [3.05, 3.63) is 33.3 Å². The van der Waals surface area contributed by atoms with Gasteiger partial charge in [0.1, 0.15) is 0 Å². The van der Waals surface area contributed by atoms with Crippen molar-refractivity contribution in [1.29, 1.82) is 0 Å². The molecule has 2 N–H and O–H groups in total. The summed E-state index contributed by atoms with van der Waals surface area (Å²) >= 11 is 9.37. The van der Waals surface area contributed by atoms with E-state index in [9.17, 15) is 0 Å². The Kier molecular flexibility index (Phi) is 4.06. The van der Waals surface area contributed by atoms with E-state index in [1.165, 1.54) is 0 Å². The fraction of sp³-hybridized carbons (Fsp3) is 0.333. The van der Waals surface area contributed by atoms with Crippen LogP contribution >= 0.6 is 27.5 Å². The van der Waals surface area contributed by atoms with Gasteiger partial charge in [-0.2, -0.15) is 0 Å². The summed E-state index contributed by atoms with van der Waals surface area (Å²) in [5.41, 5.74) is 6.57. The van der Waals surface area contributed by atoms with Gasteiger partial charge in [0.15, 0.2) is 0 Å². The van der Waals surface area contributed by atoms with E-state index in [1.807, 2.05) is 18.2 Å². The molecule has 0 aliphatic carbocycles. The molecule has 1 nitrogen and oxygen atoms in total. The minimum absolute atomic E-state index is 0.711. The van der Waals surface area contributed by atoms with Crippen molar-refractivity contribution in [3.63, 3.8) is 0 Å². The molecule has 66 valence electrons. The third-order valence-corrected chi connectivity index (χ3v) is 2.52. The maximum absolute atomic E-state index is 5.97. The largest absolute Gasteiger partial charge is 0.330 e. The number of rotatable bonds is 3. The molecule has 1 rings (SSSR count). The van der Waals surface area contributed by atoms with Crippen LogP contribution in [0.5, 0.6) is 0 Å². The third kappa shape index (κ3) is 2.77. The molecule has 0 saturated carbocycles. The normalized spacial score (nSPS) is 10.2. The van der Waals surface area contributed by atoms with Gasteiger partial charge in [0, 0.05) is 9.50 Å². The van der Waals surface area contributed by atoms with E-state index in [2.05, 4.69) is 15.9 Å². The van der Waals surface area contributed by atoms with Crippen molar-refractivity contribution in [2.45, 2.75) is 12.8 Å². The summed E-state index contributed by atoms with van der Waals surface area (Å²) in [5, 5.41) is 0.826. The first-order valence-corrected chi connectivity index (χ1v) is 5.05. The molecule has 0 heterocycles. The molecule has 0 atom stereocenters. The van der Waals surface area contributed by atoms with Gasteiger partial charge in [0.05, 0.1) is 0 Å². The highest BCUT2D eigenvalue weighted by Crippen LogP contribution is 2.21. The van der Waals surface area contributed by atoms with Crippen molar-refractivity contribution < 1.29 is 0 Å². The Morgan fingerprint density at radius 3 is 2.83 bits per heavy atom. The van der Waals surface area contributed by atoms with E-state index in [1.54, 1.807) is 0 Å². The molecule has 0 fully saturated rings. The Morgan fingerprint density at radius 2 is 2.17 bits per heavy atom. The quantitative estimate of drug-likeness (QED) is 0.874. The van der Waals surface area contributed by atoms with Crippen LogP contribution in [0.15, 0.2) is 22.7 Å². The third-order valence-electron chi connectivity index (χ3n) is 1.66. The average Bonchev–Trinajstić information content (AvgIpc) is 2.07. The molecule has 0 aliphatic rings. The lowest BCUT2D eigenvalue weighted by Gasteiger charge is -2.03. The Hall–Kier alpha value is -0.0500. The molecular formula is C9H11BrClN. The van der Waals surface area contributed by atoms with Crippen LogP contribution < -0.4 is 5.73 Å². The number of aryl methyl sites for hydroxylation is 1. The molecule has 0 unspecified atom stereocenters. The van der Waals surface area contributed by atoms with E-state index in [4.69, 9.17) is 17.3 Å². The van der Waals surface area contributed by atoms with Crippen LogP contribution in [0.4, 0.5) is 0 Å². The second kappa shape index (κ2) is 4.85. The average molecular weight is 249 g/mol. The summed E-state index contributed by atoms with van der Waals surface area (Å²) in [4.78, 5) is 0. The van der Waals surface area contributed by atoms with Crippen LogP contribution in [-0.4, -0.2) is 6.54 Å². The van der Waals surface area contributed by atoms with E-state index < -0.39 is 0 Å². The second-order valence-electron chi connectivity index (χ2n) is 2.63. The molecule has 12 heavy (non-hydrogen) atoms. The number of hydrogen-bond acceptors (Lipinski definition) is 1. The molecule has 3 heteroatoms. The smallest absolute Gasteiger partial charge is 0.0438 e. The highest BCUT2D eigenvalue weighted by Gasteiger charge is 1.99. The first-order chi connectivity index (χ1) is 5.74. The summed E-state index contributed by atoms with van der Waals surface area (Å²) in [7, 11) is 0. The number of benzene rings is 1. The number of halogens is 2. The van der Waals surface area contributed by atoms with Crippen LogP contribution in [0.2, 0.25) is 5.02 Å². The van der Waals surface area contributed by atoms with E-state index in [0.29, 0.717) is 6.54 Å². The molecule has 0 aliphatic heterocycles. The monoisotopic (exact) mass is 247 g/mol. The fourth-order valence-corrected chi connectivity index (χ4v) is 1.65. The van der Waals surface area contributed by atoms with Crippen molar-refractivity contribution in [3.8, 4) is 0 Å². The van der Waals surface area contributed by atoms with Crippen LogP contribution in [-0.2, 0) is 6.42 Å². The fourth-order valence-electron chi connectivity index (χ4n) is 1.03. The molecule has 0 amide bonds. The minimum atomic E-state index is 0.711. The van der Waals surface area contributed by atoms with Crippen LogP contribution in [0.3, 0.4) is 0 Å². The summed E-state index contributed by atoms with van der Waals surface area (Å²) in [5.74, 6) is 0. The predicted molar refractivity (Wildman–Crippen MR) is 56.5 cm³/mol. The molecule has 1 aromatic rings. The topological polar surface area (TPSA) is 26.0 Å². The molecule has 0 aromatic heterocycles. The zero-order valence-electron chi connectivity index (χ0n) is 6.69. The first-order valence-electron chi connectivity index (χ1n) is 3.88. The lowest BCUT2D eigenvalue weighted by Crippen LogP contribution is -2.00. The van der Waals surface area contributed by atoms with Crippen molar-refractivity contribution in [2.24, 2.45) is 5.73 Å². The van der Waals surface area contributed by atoms with Gasteiger partial charge in [-0.3, -0.25) is 0 Å². The summed E-state index contributed by atoms with van der Waals surface area (Å²) in [6.45, 7) is 0.711. The van der Waals surface area contributed by atoms with Gasteiger partial charge in [-0.05, 0) is 43.1 Å². The van der Waals surface area contributed by atoms with Crippen LogP contribution in [0.1, 0.15) is 12.0 Å².